The average molecular weight is 324 g/mol. The molecule has 24 heavy (non-hydrogen) atoms. The lowest BCUT2D eigenvalue weighted by molar-refractivity contribution is -0.141. The van der Waals surface area contributed by atoms with Gasteiger partial charge in [0.15, 0.2) is 0 Å². The second-order valence-electron chi connectivity index (χ2n) is 6.04. The number of benzene rings is 1. The van der Waals surface area contributed by atoms with E-state index in [1.807, 2.05) is 30.3 Å². The van der Waals surface area contributed by atoms with Crippen LogP contribution < -0.4 is 0 Å². The van der Waals surface area contributed by atoms with E-state index >= 15 is 0 Å². The van der Waals surface area contributed by atoms with E-state index in [1.54, 1.807) is 23.4 Å². The summed E-state index contributed by atoms with van der Waals surface area (Å²) in [5.41, 5.74) is 3.53. The molecule has 2 aromatic heterocycles. The molecule has 0 bridgehead atoms. The number of aliphatic carboxylic acids is 1. The van der Waals surface area contributed by atoms with Gasteiger partial charge in [-0.15, -0.1) is 0 Å². The number of rotatable bonds is 6. The minimum Gasteiger partial charge on any atom is -0.480 e. The Hall–Kier alpha value is -2.89. The zero-order chi connectivity index (χ0) is 17.1. The van der Waals surface area contributed by atoms with Gasteiger partial charge >= 0.3 is 5.97 Å². The number of hydrogen-bond donors (Lipinski definition) is 2. The molecule has 1 aromatic carbocycles. The number of H-pyrrole nitrogens is 1. The van der Waals surface area contributed by atoms with Crippen LogP contribution in [-0.4, -0.2) is 30.6 Å². The predicted octanol–water partition coefficient (Wildman–Crippen LogP) is 3.26. The summed E-state index contributed by atoms with van der Waals surface area (Å²) in [5, 5.41) is 9.73. The molecule has 0 aliphatic rings. The molecule has 2 heterocycles. The highest BCUT2D eigenvalue weighted by Gasteiger charge is 2.26. The van der Waals surface area contributed by atoms with Crippen LogP contribution >= 0.6 is 0 Å². The highest BCUT2D eigenvalue weighted by Crippen LogP contribution is 2.31. The number of aromatic nitrogens is 4. The Balaban J connectivity index is 2.06. The molecule has 0 aliphatic heterocycles. The highest BCUT2D eigenvalue weighted by atomic mass is 16.4. The Bertz CT molecular complexity index is 807. The normalized spacial score (nSPS) is 12.5. The van der Waals surface area contributed by atoms with Gasteiger partial charge in [-0.25, -0.2) is 14.8 Å². The maximum Gasteiger partial charge on any atom is 0.327 e. The van der Waals surface area contributed by atoms with Gasteiger partial charge in [0.25, 0.3) is 0 Å². The van der Waals surface area contributed by atoms with Gasteiger partial charge in [-0.1, -0.05) is 44.2 Å². The summed E-state index contributed by atoms with van der Waals surface area (Å²) in [6.07, 6.45) is 5.17. The largest absolute Gasteiger partial charge is 0.480 e. The van der Waals surface area contributed by atoms with Crippen molar-refractivity contribution in [2.75, 3.05) is 0 Å². The summed E-state index contributed by atoms with van der Waals surface area (Å²) in [6, 6.07) is 9.11. The van der Waals surface area contributed by atoms with Gasteiger partial charge in [-0.2, -0.15) is 0 Å². The van der Waals surface area contributed by atoms with E-state index in [1.165, 1.54) is 0 Å². The first-order valence-corrected chi connectivity index (χ1v) is 7.90. The zero-order valence-corrected chi connectivity index (χ0v) is 13.7. The molecule has 0 aliphatic carbocycles. The van der Waals surface area contributed by atoms with Crippen LogP contribution in [0.15, 0.2) is 49.2 Å². The van der Waals surface area contributed by atoms with Crippen LogP contribution in [-0.2, 0) is 11.2 Å². The van der Waals surface area contributed by atoms with E-state index < -0.39 is 12.0 Å². The SMILES string of the molecule is CC(C)c1c(-c2ccccc2)ncn1[C@@H](Cc1cnc[nH]1)C(=O)O. The number of imidazole rings is 2. The lowest BCUT2D eigenvalue weighted by Gasteiger charge is -2.19. The van der Waals surface area contributed by atoms with Crippen LogP contribution in [0.5, 0.6) is 0 Å². The number of nitrogens with zero attached hydrogens (tertiary/aromatic N) is 3. The molecular formula is C18H20N4O2. The second-order valence-corrected chi connectivity index (χ2v) is 6.04. The molecule has 0 saturated carbocycles. The number of hydrogen-bond acceptors (Lipinski definition) is 3. The van der Waals surface area contributed by atoms with Crippen LogP contribution in [0.25, 0.3) is 11.3 Å². The van der Waals surface area contributed by atoms with Crippen molar-refractivity contribution in [2.24, 2.45) is 0 Å². The van der Waals surface area contributed by atoms with Crippen LogP contribution in [0, 0.1) is 0 Å². The first-order valence-electron chi connectivity index (χ1n) is 7.90. The van der Waals surface area contributed by atoms with Crippen LogP contribution in [0.4, 0.5) is 0 Å². The second kappa shape index (κ2) is 6.70. The minimum absolute atomic E-state index is 0.145. The van der Waals surface area contributed by atoms with Gasteiger partial charge in [0.1, 0.15) is 6.04 Å². The molecular weight excluding hydrogens is 304 g/mol. The summed E-state index contributed by atoms with van der Waals surface area (Å²) in [5.74, 6) is -0.741. The predicted molar refractivity (Wildman–Crippen MR) is 90.7 cm³/mol. The van der Waals surface area contributed by atoms with Gasteiger partial charge in [0.2, 0.25) is 0 Å². The number of carboxylic acids is 1. The molecule has 0 amide bonds. The number of nitrogens with one attached hydrogen (secondary N) is 1. The first kappa shape index (κ1) is 16.0. The molecule has 0 spiro atoms. The van der Waals surface area contributed by atoms with E-state index in [0.29, 0.717) is 6.42 Å². The van der Waals surface area contributed by atoms with Gasteiger partial charge in [-0.05, 0) is 5.92 Å². The van der Waals surface area contributed by atoms with Crippen molar-refractivity contribution in [3.8, 4) is 11.3 Å². The van der Waals surface area contributed by atoms with Gasteiger partial charge < -0.3 is 14.7 Å². The maximum atomic E-state index is 11.9. The molecule has 2 N–H and O–H groups in total. The Labute approximate surface area is 140 Å². The van der Waals surface area contributed by atoms with E-state index in [9.17, 15) is 9.90 Å². The average Bonchev–Trinajstić information content (AvgIpc) is 3.22. The fourth-order valence-corrected chi connectivity index (χ4v) is 2.92. The fourth-order valence-electron chi connectivity index (χ4n) is 2.92. The van der Waals surface area contributed by atoms with Crippen LogP contribution in [0.1, 0.15) is 37.2 Å². The van der Waals surface area contributed by atoms with Crippen LogP contribution in [0.2, 0.25) is 0 Å². The molecule has 0 saturated heterocycles. The van der Waals surface area contributed by atoms with Crippen molar-refractivity contribution >= 4 is 5.97 Å². The van der Waals surface area contributed by atoms with E-state index in [2.05, 4.69) is 28.8 Å². The molecule has 0 unspecified atom stereocenters. The van der Waals surface area contributed by atoms with Crippen LogP contribution in [0.3, 0.4) is 0 Å². The summed E-state index contributed by atoms with van der Waals surface area (Å²) in [7, 11) is 0. The molecule has 6 heteroatoms. The first-order chi connectivity index (χ1) is 11.6. The monoisotopic (exact) mass is 324 g/mol. The zero-order valence-electron chi connectivity index (χ0n) is 13.7. The van der Waals surface area contributed by atoms with Gasteiger partial charge in [0.05, 0.1) is 18.3 Å². The Kier molecular flexibility index (Phi) is 4.46. The number of aromatic amines is 1. The minimum atomic E-state index is -0.886. The molecule has 1 atom stereocenters. The maximum absolute atomic E-state index is 11.9. The molecule has 6 nitrogen and oxygen atoms in total. The summed E-state index contributed by atoms with van der Waals surface area (Å²) >= 11 is 0. The summed E-state index contributed by atoms with van der Waals surface area (Å²) in [6.45, 7) is 4.10. The quantitative estimate of drug-likeness (QED) is 0.729. The smallest absolute Gasteiger partial charge is 0.327 e. The van der Waals surface area contributed by atoms with Crippen molar-refractivity contribution in [3.05, 3.63) is 60.6 Å². The summed E-state index contributed by atoms with van der Waals surface area (Å²) < 4.78 is 1.77. The van der Waals surface area contributed by atoms with E-state index in [4.69, 9.17) is 0 Å². The third-order valence-electron chi connectivity index (χ3n) is 4.02. The van der Waals surface area contributed by atoms with Crippen molar-refractivity contribution in [1.29, 1.82) is 0 Å². The lowest BCUT2D eigenvalue weighted by atomic mass is 10.0. The summed E-state index contributed by atoms with van der Waals surface area (Å²) in [4.78, 5) is 23.3. The highest BCUT2D eigenvalue weighted by molar-refractivity contribution is 5.73. The molecule has 0 fully saturated rings. The van der Waals surface area contributed by atoms with Crippen molar-refractivity contribution in [2.45, 2.75) is 32.2 Å². The third kappa shape index (κ3) is 3.08. The lowest BCUT2D eigenvalue weighted by Crippen LogP contribution is -2.23. The standard InChI is InChI=1S/C18H20N4O2/c1-12(2)17-16(13-6-4-3-5-7-13)21-11-22(17)15(18(23)24)8-14-9-19-10-20-14/h3-7,9-12,15H,8H2,1-2H3,(H,19,20)(H,23,24)/t15-/m0/s1. The van der Waals surface area contributed by atoms with E-state index in [-0.39, 0.29) is 5.92 Å². The number of carbonyl (C=O) groups is 1. The molecule has 124 valence electrons. The number of carboxylic acid groups (broad SMARTS) is 1. The Morgan fingerprint density at radius 1 is 1.29 bits per heavy atom. The fraction of sp³-hybridized carbons (Fsp3) is 0.278. The van der Waals surface area contributed by atoms with Crippen molar-refractivity contribution in [3.63, 3.8) is 0 Å². The topological polar surface area (TPSA) is 83.8 Å². The third-order valence-corrected chi connectivity index (χ3v) is 4.02. The van der Waals surface area contributed by atoms with Gasteiger partial charge in [0, 0.05) is 29.6 Å². The Morgan fingerprint density at radius 2 is 2.04 bits per heavy atom. The van der Waals surface area contributed by atoms with Gasteiger partial charge in [-0.3, -0.25) is 0 Å². The van der Waals surface area contributed by atoms with E-state index in [0.717, 1.165) is 22.6 Å². The molecule has 0 radical (unpaired) electrons. The molecule has 3 aromatic rings. The van der Waals surface area contributed by atoms with Crippen molar-refractivity contribution in [1.82, 2.24) is 19.5 Å². The van der Waals surface area contributed by atoms with Crippen molar-refractivity contribution < 1.29 is 9.90 Å². The molecule has 3 rings (SSSR count). The Morgan fingerprint density at radius 3 is 2.62 bits per heavy atom.